The van der Waals surface area contributed by atoms with Crippen LogP contribution < -0.4 is 5.32 Å². The first-order valence-corrected chi connectivity index (χ1v) is 7.99. The fourth-order valence-electron chi connectivity index (χ4n) is 2.33. The molecular weight excluding hydrogens is 299 g/mol. The number of aromatic nitrogens is 1. The second kappa shape index (κ2) is 5.80. The molecule has 2 nitrogen and oxygen atoms in total. The summed E-state index contributed by atoms with van der Waals surface area (Å²) in [5.41, 5.74) is 2.03. The van der Waals surface area contributed by atoms with Crippen molar-refractivity contribution in [2.24, 2.45) is 0 Å². The van der Waals surface area contributed by atoms with Crippen molar-refractivity contribution in [3.8, 4) is 11.3 Å². The van der Waals surface area contributed by atoms with Gasteiger partial charge >= 0.3 is 0 Å². The van der Waals surface area contributed by atoms with Crippen LogP contribution in [0, 0.1) is 0 Å². The van der Waals surface area contributed by atoms with Gasteiger partial charge in [-0.15, -0.1) is 11.3 Å². The van der Waals surface area contributed by atoms with E-state index in [0.717, 1.165) is 24.3 Å². The molecular formula is C14H14Cl2N2S. The van der Waals surface area contributed by atoms with Crippen molar-refractivity contribution >= 4 is 34.5 Å². The van der Waals surface area contributed by atoms with E-state index in [1.54, 1.807) is 11.3 Å². The zero-order valence-electron chi connectivity index (χ0n) is 10.3. The highest BCUT2D eigenvalue weighted by Crippen LogP contribution is 2.33. The van der Waals surface area contributed by atoms with E-state index in [1.165, 1.54) is 17.8 Å². The number of benzene rings is 1. The highest BCUT2D eigenvalue weighted by Gasteiger charge is 2.18. The third kappa shape index (κ3) is 2.95. The summed E-state index contributed by atoms with van der Waals surface area (Å²) in [6, 6.07) is 5.67. The Morgan fingerprint density at radius 2 is 1.95 bits per heavy atom. The summed E-state index contributed by atoms with van der Waals surface area (Å²) in [6.07, 6.45) is 2.35. The molecule has 5 heteroatoms. The summed E-state index contributed by atoms with van der Waals surface area (Å²) in [5.74, 6) is 0.600. The fourth-order valence-corrected chi connectivity index (χ4v) is 3.63. The highest BCUT2D eigenvalue weighted by molar-refractivity contribution is 7.10. The van der Waals surface area contributed by atoms with Gasteiger partial charge in [-0.05, 0) is 38.1 Å². The lowest BCUT2D eigenvalue weighted by molar-refractivity contribution is 0.459. The van der Waals surface area contributed by atoms with Gasteiger partial charge in [-0.2, -0.15) is 0 Å². The molecule has 0 saturated carbocycles. The summed E-state index contributed by atoms with van der Waals surface area (Å²) < 4.78 is 0. The van der Waals surface area contributed by atoms with Crippen molar-refractivity contribution in [3.63, 3.8) is 0 Å². The Hall–Kier alpha value is -0.610. The molecule has 2 aromatic rings. The third-order valence-electron chi connectivity index (χ3n) is 3.43. The van der Waals surface area contributed by atoms with Crippen LogP contribution in [0.5, 0.6) is 0 Å². The zero-order chi connectivity index (χ0) is 13.2. The predicted molar refractivity (Wildman–Crippen MR) is 82.4 cm³/mol. The third-order valence-corrected chi connectivity index (χ3v) is 5.17. The van der Waals surface area contributed by atoms with Crippen molar-refractivity contribution in [1.29, 1.82) is 0 Å². The Morgan fingerprint density at radius 1 is 1.16 bits per heavy atom. The summed E-state index contributed by atoms with van der Waals surface area (Å²) in [7, 11) is 0. The van der Waals surface area contributed by atoms with Crippen LogP contribution in [-0.2, 0) is 0 Å². The van der Waals surface area contributed by atoms with Crippen LogP contribution in [0.1, 0.15) is 23.8 Å². The number of hydrogen-bond acceptors (Lipinski definition) is 3. The molecule has 0 atom stereocenters. The van der Waals surface area contributed by atoms with Gasteiger partial charge in [0.1, 0.15) is 0 Å². The monoisotopic (exact) mass is 312 g/mol. The molecule has 1 aromatic heterocycles. The highest BCUT2D eigenvalue weighted by atomic mass is 35.5. The molecule has 1 fully saturated rings. The van der Waals surface area contributed by atoms with Crippen molar-refractivity contribution in [1.82, 2.24) is 10.3 Å². The largest absolute Gasteiger partial charge is 0.317 e. The lowest BCUT2D eigenvalue weighted by Gasteiger charge is -2.20. The Balaban J connectivity index is 1.85. The number of nitrogens with zero attached hydrogens (tertiary/aromatic N) is 1. The van der Waals surface area contributed by atoms with Crippen molar-refractivity contribution in [3.05, 3.63) is 38.6 Å². The minimum Gasteiger partial charge on any atom is -0.317 e. The molecule has 1 aliphatic heterocycles. The van der Waals surface area contributed by atoms with Gasteiger partial charge in [-0.25, -0.2) is 4.98 Å². The lowest BCUT2D eigenvalue weighted by atomic mass is 9.99. The van der Waals surface area contributed by atoms with E-state index < -0.39 is 0 Å². The molecule has 2 heterocycles. The first-order valence-electron chi connectivity index (χ1n) is 6.35. The topological polar surface area (TPSA) is 24.9 Å². The number of rotatable bonds is 2. The first-order chi connectivity index (χ1) is 9.24. The minimum absolute atomic E-state index is 0.579. The van der Waals surface area contributed by atoms with Gasteiger partial charge in [0.15, 0.2) is 0 Å². The lowest BCUT2D eigenvalue weighted by Crippen LogP contribution is -2.26. The molecule has 19 heavy (non-hydrogen) atoms. The maximum atomic E-state index is 6.05. The second-order valence-corrected chi connectivity index (χ2v) is 6.43. The van der Waals surface area contributed by atoms with E-state index in [4.69, 9.17) is 28.2 Å². The maximum Gasteiger partial charge on any atom is 0.0964 e. The first kappa shape index (κ1) is 13.4. The molecule has 0 spiro atoms. The molecule has 1 saturated heterocycles. The van der Waals surface area contributed by atoms with Crippen LogP contribution in [0.3, 0.4) is 0 Å². The van der Waals surface area contributed by atoms with Gasteiger partial charge < -0.3 is 5.32 Å². The average Bonchev–Trinajstić information content (AvgIpc) is 2.93. The Morgan fingerprint density at radius 3 is 2.68 bits per heavy atom. The molecule has 1 N–H and O–H groups in total. The summed E-state index contributed by atoms with van der Waals surface area (Å²) in [6.45, 7) is 2.18. The molecule has 0 unspecified atom stereocenters. The SMILES string of the molecule is Clc1ccc(-c2csc(C3CCNCC3)n2)cc1Cl. The zero-order valence-corrected chi connectivity index (χ0v) is 12.7. The van der Waals surface area contributed by atoms with Crippen LogP contribution in [-0.4, -0.2) is 18.1 Å². The van der Waals surface area contributed by atoms with Crippen LogP contribution in [0.15, 0.2) is 23.6 Å². The summed E-state index contributed by atoms with van der Waals surface area (Å²) >= 11 is 13.7. The molecule has 0 aliphatic carbocycles. The summed E-state index contributed by atoms with van der Waals surface area (Å²) in [5, 5.41) is 7.89. The van der Waals surface area contributed by atoms with Crippen LogP contribution >= 0.6 is 34.5 Å². The number of piperidine rings is 1. The molecule has 0 amide bonds. The molecule has 3 rings (SSSR count). The van der Waals surface area contributed by atoms with E-state index >= 15 is 0 Å². The van der Waals surface area contributed by atoms with E-state index in [9.17, 15) is 0 Å². The molecule has 1 aromatic carbocycles. The van der Waals surface area contributed by atoms with E-state index in [1.807, 2.05) is 18.2 Å². The van der Waals surface area contributed by atoms with Gasteiger partial charge in [0.05, 0.1) is 20.7 Å². The van der Waals surface area contributed by atoms with Gasteiger partial charge in [-0.1, -0.05) is 29.3 Å². The second-order valence-electron chi connectivity index (χ2n) is 4.72. The molecule has 1 aliphatic rings. The van der Waals surface area contributed by atoms with Crippen LogP contribution in [0.25, 0.3) is 11.3 Å². The van der Waals surface area contributed by atoms with Crippen LogP contribution in [0.2, 0.25) is 10.0 Å². The minimum atomic E-state index is 0.579. The fraction of sp³-hybridized carbons (Fsp3) is 0.357. The van der Waals surface area contributed by atoms with Gasteiger partial charge in [-0.3, -0.25) is 0 Å². The van der Waals surface area contributed by atoms with Crippen LogP contribution in [0.4, 0.5) is 0 Å². The van der Waals surface area contributed by atoms with Crippen molar-refractivity contribution in [2.75, 3.05) is 13.1 Å². The Labute approximate surface area is 126 Å². The Kier molecular flexibility index (Phi) is 4.08. The quantitative estimate of drug-likeness (QED) is 0.877. The van der Waals surface area contributed by atoms with E-state index in [-0.39, 0.29) is 0 Å². The summed E-state index contributed by atoms with van der Waals surface area (Å²) in [4.78, 5) is 4.76. The van der Waals surface area contributed by atoms with Gasteiger partial charge in [0.25, 0.3) is 0 Å². The smallest absolute Gasteiger partial charge is 0.0964 e. The van der Waals surface area contributed by atoms with Gasteiger partial charge in [0.2, 0.25) is 0 Å². The maximum absolute atomic E-state index is 6.05. The van der Waals surface area contributed by atoms with Crippen molar-refractivity contribution < 1.29 is 0 Å². The molecule has 0 radical (unpaired) electrons. The van der Waals surface area contributed by atoms with E-state index in [0.29, 0.717) is 16.0 Å². The normalized spacial score (nSPS) is 16.7. The number of thiazole rings is 1. The molecule has 0 bridgehead atoms. The number of halogens is 2. The number of hydrogen-bond donors (Lipinski definition) is 1. The number of nitrogens with one attached hydrogen (secondary N) is 1. The average molecular weight is 313 g/mol. The molecule has 100 valence electrons. The van der Waals surface area contributed by atoms with Gasteiger partial charge in [0, 0.05) is 16.9 Å². The predicted octanol–water partition coefficient (Wildman–Crippen LogP) is 4.58. The van der Waals surface area contributed by atoms with Crippen molar-refractivity contribution in [2.45, 2.75) is 18.8 Å². The van der Waals surface area contributed by atoms with E-state index in [2.05, 4.69) is 10.7 Å². The standard InChI is InChI=1S/C14H14Cl2N2S/c15-11-2-1-10(7-12(11)16)13-8-19-14(18-13)9-3-5-17-6-4-9/h1-2,7-9,17H,3-6H2. The Bertz CT molecular complexity index is 577.